The molecule has 150 valence electrons. The molecule has 0 aliphatic carbocycles. The molecule has 0 bridgehead atoms. The van der Waals surface area contributed by atoms with Gasteiger partial charge in [0, 0.05) is 29.4 Å². The van der Waals surface area contributed by atoms with Gasteiger partial charge in [0.15, 0.2) is 0 Å². The molecule has 0 unspecified atom stereocenters. The smallest absolute Gasteiger partial charge is 0.242 e. The van der Waals surface area contributed by atoms with Crippen molar-refractivity contribution in [1.29, 1.82) is 0 Å². The standard InChI is InChI=1S/C22H27ClN2O2S/c1-3-5-12-24(20(26)4-2)15-21(27)25-13-10-19-18(11-14-28-19)22(25)16-6-8-17(23)9-7-16/h6-9,11,14,22H,3-5,10,12-13,15H2,1-2H3/t22-/m0/s1. The summed E-state index contributed by atoms with van der Waals surface area (Å²) in [5.41, 5.74) is 2.24. The third-order valence-electron chi connectivity index (χ3n) is 5.23. The fourth-order valence-corrected chi connectivity index (χ4v) is 4.74. The van der Waals surface area contributed by atoms with Crippen molar-refractivity contribution >= 4 is 34.8 Å². The molecule has 2 amide bonds. The molecule has 1 aliphatic rings. The highest BCUT2D eigenvalue weighted by atomic mass is 35.5. The number of amides is 2. The first-order chi connectivity index (χ1) is 13.5. The van der Waals surface area contributed by atoms with Crippen LogP contribution in [0.5, 0.6) is 0 Å². The van der Waals surface area contributed by atoms with Crippen LogP contribution in [-0.4, -0.2) is 41.2 Å². The second-order valence-electron chi connectivity index (χ2n) is 7.11. The number of rotatable bonds is 7. The third-order valence-corrected chi connectivity index (χ3v) is 6.48. The maximum absolute atomic E-state index is 13.3. The van der Waals surface area contributed by atoms with Crippen LogP contribution < -0.4 is 0 Å². The number of thiophene rings is 1. The summed E-state index contributed by atoms with van der Waals surface area (Å²) in [5.74, 6) is 0.0489. The number of benzene rings is 1. The largest absolute Gasteiger partial charge is 0.333 e. The Morgan fingerprint density at radius 1 is 1.21 bits per heavy atom. The molecule has 1 atom stereocenters. The molecule has 6 heteroatoms. The van der Waals surface area contributed by atoms with E-state index in [1.165, 1.54) is 10.4 Å². The van der Waals surface area contributed by atoms with Crippen LogP contribution in [0.15, 0.2) is 35.7 Å². The fraction of sp³-hybridized carbons (Fsp3) is 0.455. The Bertz CT molecular complexity index is 818. The Morgan fingerprint density at radius 2 is 1.96 bits per heavy atom. The summed E-state index contributed by atoms with van der Waals surface area (Å²) in [7, 11) is 0. The Labute approximate surface area is 176 Å². The topological polar surface area (TPSA) is 40.6 Å². The lowest BCUT2D eigenvalue weighted by atomic mass is 9.93. The predicted octanol–water partition coefficient (Wildman–Crippen LogP) is 4.91. The predicted molar refractivity (Wildman–Crippen MR) is 115 cm³/mol. The van der Waals surface area contributed by atoms with Crippen molar-refractivity contribution in [2.75, 3.05) is 19.6 Å². The maximum atomic E-state index is 13.3. The van der Waals surface area contributed by atoms with Crippen LogP contribution in [0.2, 0.25) is 5.02 Å². The molecule has 2 aromatic rings. The van der Waals surface area contributed by atoms with Gasteiger partial charge in [0.2, 0.25) is 11.8 Å². The first-order valence-electron chi connectivity index (χ1n) is 9.94. The first-order valence-corrected chi connectivity index (χ1v) is 11.2. The van der Waals surface area contributed by atoms with E-state index in [0.29, 0.717) is 24.5 Å². The molecule has 4 nitrogen and oxygen atoms in total. The van der Waals surface area contributed by atoms with Gasteiger partial charge in [-0.3, -0.25) is 9.59 Å². The first kappa shape index (κ1) is 20.9. The summed E-state index contributed by atoms with van der Waals surface area (Å²) in [6.45, 7) is 5.40. The third kappa shape index (κ3) is 4.58. The van der Waals surface area contributed by atoms with E-state index in [4.69, 9.17) is 11.6 Å². The fourth-order valence-electron chi connectivity index (χ4n) is 3.71. The van der Waals surface area contributed by atoms with Gasteiger partial charge >= 0.3 is 0 Å². The van der Waals surface area contributed by atoms with E-state index < -0.39 is 0 Å². The van der Waals surface area contributed by atoms with Gasteiger partial charge in [-0.1, -0.05) is 44.0 Å². The number of hydrogen-bond acceptors (Lipinski definition) is 3. The second-order valence-corrected chi connectivity index (χ2v) is 8.55. The monoisotopic (exact) mass is 418 g/mol. The van der Waals surface area contributed by atoms with Crippen molar-refractivity contribution in [3.63, 3.8) is 0 Å². The summed E-state index contributed by atoms with van der Waals surface area (Å²) in [6.07, 6.45) is 3.19. The lowest BCUT2D eigenvalue weighted by Crippen LogP contribution is -2.46. The Balaban J connectivity index is 1.86. The minimum Gasteiger partial charge on any atom is -0.333 e. The van der Waals surface area contributed by atoms with Gasteiger partial charge in [-0.2, -0.15) is 0 Å². The molecule has 1 aromatic carbocycles. The number of unbranched alkanes of at least 4 members (excludes halogenated alkanes) is 1. The Morgan fingerprint density at radius 3 is 2.64 bits per heavy atom. The molecule has 3 rings (SSSR count). The lowest BCUT2D eigenvalue weighted by molar-refractivity contribution is -0.141. The van der Waals surface area contributed by atoms with E-state index in [1.54, 1.807) is 16.2 Å². The average molecular weight is 419 g/mol. The molecule has 0 radical (unpaired) electrons. The lowest BCUT2D eigenvalue weighted by Gasteiger charge is -2.37. The van der Waals surface area contributed by atoms with Gasteiger partial charge in [-0.05, 0) is 47.5 Å². The van der Waals surface area contributed by atoms with Gasteiger partial charge in [0.05, 0.1) is 12.6 Å². The van der Waals surface area contributed by atoms with Gasteiger partial charge < -0.3 is 9.80 Å². The van der Waals surface area contributed by atoms with Gasteiger partial charge in [0.25, 0.3) is 0 Å². The van der Waals surface area contributed by atoms with Crippen LogP contribution in [0.25, 0.3) is 0 Å². The summed E-state index contributed by atoms with van der Waals surface area (Å²) in [6, 6.07) is 9.72. The second kappa shape index (κ2) is 9.57. The van der Waals surface area contributed by atoms with Crippen LogP contribution in [0.4, 0.5) is 0 Å². The van der Waals surface area contributed by atoms with Crippen LogP contribution in [-0.2, 0) is 16.0 Å². The number of halogens is 1. The van der Waals surface area contributed by atoms with Crippen molar-refractivity contribution in [2.45, 2.75) is 45.6 Å². The minimum absolute atomic E-state index is 0.00898. The molecule has 0 saturated heterocycles. The zero-order chi connectivity index (χ0) is 20.1. The van der Waals surface area contributed by atoms with Crippen molar-refractivity contribution in [3.05, 3.63) is 56.7 Å². The summed E-state index contributed by atoms with van der Waals surface area (Å²) >= 11 is 7.82. The van der Waals surface area contributed by atoms with E-state index >= 15 is 0 Å². The Kier molecular flexibility index (Phi) is 7.13. The minimum atomic E-state index is -0.121. The summed E-state index contributed by atoms with van der Waals surface area (Å²) in [5, 5.41) is 2.78. The van der Waals surface area contributed by atoms with E-state index in [2.05, 4.69) is 18.4 Å². The zero-order valence-corrected chi connectivity index (χ0v) is 18.1. The molecule has 0 saturated carbocycles. The number of fused-ring (bicyclic) bond motifs is 1. The molecule has 2 heterocycles. The molecule has 0 N–H and O–H groups in total. The molecule has 28 heavy (non-hydrogen) atoms. The highest BCUT2D eigenvalue weighted by Crippen LogP contribution is 2.38. The number of carbonyl (C=O) groups excluding carboxylic acids is 2. The molecule has 0 fully saturated rings. The van der Waals surface area contributed by atoms with Crippen LogP contribution >= 0.6 is 22.9 Å². The average Bonchev–Trinajstić information content (AvgIpc) is 3.19. The van der Waals surface area contributed by atoms with Crippen molar-refractivity contribution in [3.8, 4) is 0 Å². The molecule has 1 aliphatic heterocycles. The van der Waals surface area contributed by atoms with E-state index in [-0.39, 0.29) is 24.4 Å². The van der Waals surface area contributed by atoms with Gasteiger partial charge in [-0.25, -0.2) is 0 Å². The number of nitrogens with zero attached hydrogens (tertiary/aromatic N) is 2. The normalized spacial score (nSPS) is 16.0. The highest BCUT2D eigenvalue weighted by molar-refractivity contribution is 7.10. The SMILES string of the molecule is CCCCN(CC(=O)N1CCc2sccc2[C@@H]1c1ccc(Cl)cc1)C(=O)CC. The van der Waals surface area contributed by atoms with Crippen molar-refractivity contribution in [2.24, 2.45) is 0 Å². The molecule has 0 spiro atoms. The molecular formula is C22H27ClN2O2S. The summed E-state index contributed by atoms with van der Waals surface area (Å²) in [4.78, 5) is 30.6. The number of carbonyl (C=O) groups is 2. The summed E-state index contributed by atoms with van der Waals surface area (Å²) < 4.78 is 0. The van der Waals surface area contributed by atoms with Crippen LogP contribution in [0, 0.1) is 0 Å². The van der Waals surface area contributed by atoms with E-state index in [9.17, 15) is 9.59 Å². The molecule has 1 aromatic heterocycles. The molecular weight excluding hydrogens is 392 g/mol. The highest BCUT2D eigenvalue weighted by Gasteiger charge is 2.33. The van der Waals surface area contributed by atoms with E-state index in [1.807, 2.05) is 36.1 Å². The number of hydrogen-bond donors (Lipinski definition) is 0. The van der Waals surface area contributed by atoms with Crippen molar-refractivity contribution in [1.82, 2.24) is 9.80 Å². The van der Waals surface area contributed by atoms with Crippen molar-refractivity contribution < 1.29 is 9.59 Å². The van der Waals surface area contributed by atoms with Gasteiger partial charge in [-0.15, -0.1) is 11.3 Å². The van der Waals surface area contributed by atoms with Crippen LogP contribution in [0.1, 0.15) is 55.2 Å². The maximum Gasteiger partial charge on any atom is 0.242 e. The zero-order valence-electron chi connectivity index (χ0n) is 16.5. The quantitative estimate of drug-likeness (QED) is 0.640. The van der Waals surface area contributed by atoms with Gasteiger partial charge in [0.1, 0.15) is 0 Å². The van der Waals surface area contributed by atoms with Crippen LogP contribution in [0.3, 0.4) is 0 Å². The van der Waals surface area contributed by atoms with E-state index in [0.717, 1.165) is 24.8 Å². The Hall–Kier alpha value is -1.85.